The van der Waals surface area contributed by atoms with E-state index in [1.54, 1.807) is 12.1 Å². The van der Waals surface area contributed by atoms with E-state index in [-0.39, 0.29) is 12.1 Å². The van der Waals surface area contributed by atoms with Crippen LogP contribution in [0.4, 0.5) is 4.39 Å². The van der Waals surface area contributed by atoms with Crippen LogP contribution in [0.15, 0.2) is 53.5 Å². The highest BCUT2D eigenvalue weighted by molar-refractivity contribution is 5.41. The zero-order chi connectivity index (χ0) is 20.2. The maximum absolute atomic E-state index is 13.3. The monoisotopic (exact) mass is 395 g/mol. The molecule has 6 heteroatoms. The van der Waals surface area contributed by atoms with E-state index in [0.717, 1.165) is 54.2 Å². The van der Waals surface area contributed by atoms with Gasteiger partial charge in [-0.3, -0.25) is 5.32 Å². The lowest BCUT2D eigenvalue weighted by Crippen LogP contribution is -2.55. The second-order valence-electron chi connectivity index (χ2n) is 8.16. The third-order valence-electron chi connectivity index (χ3n) is 5.75. The number of fused-ring (bicyclic) bond motifs is 1. The van der Waals surface area contributed by atoms with Crippen LogP contribution in [0.5, 0.6) is 0 Å². The Morgan fingerprint density at radius 2 is 1.79 bits per heavy atom. The Balaban J connectivity index is 1.31. The Hall–Kier alpha value is -2.44. The van der Waals surface area contributed by atoms with Crippen LogP contribution in [0.2, 0.25) is 0 Å². The smallest absolute Gasteiger partial charge is 0.175 e. The first kappa shape index (κ1) is 19.9. The molecule has 1 aliphatic heterocycles. The van der Waals surface area contributed by atoms with E-state index in [9.17, 15) is 4.39 Å². The van der Waals surface area contributed by atoms with Crippen molar-refractivity contribution in [1.29, 1.82) is 0 Å². The summed E-state index contributed by atoms with van der Waals surface area (Å²) in [7, 11) is 4.11. The molecule has 1 saturated carbocycles. The van der Waals surface area contributed by atoms with Crippen LogP contribution < -0.4 is 26.5 Å². The van der Waals surface area contributed by atoms with Crippen molar-refractivity contribution in [3.8, 4) is 0 Å². The summed E-state index contributed by atoms with van der Waals surface area (Å²) in [6, 6.07) is 16.0. The molecule has 5 nitrogen and oxygen atoms in total. The molecule has 0 spiro atoms. The van der Waals surface area contributed by atoms with Crippen LogP contribution in [0.1, 0.15) is 31.2 Å². The molecule has 1 unspecified atom stereocenters. The van der Waals surface area contributed by atoms with E-state index < -0.39 is 0 Å². The Morgan fingerprint density at radius 3 is 2.55 bits per heavy atom. The van der Waals surface area contributed by atoms with Gasteiger partial charge >= 0.3 is 0 Å². The number of para-hydroxylation sites is 1. The highest BCUT2D eigenvalue weighted by Crippen LogP contribution is 2.20. The van der Waals surface area contributed by atoms with Crippen LogP contribution in [0.25, 0.3) is 5.82 Å². The summed E-state index contributed by atoms with van der Waals surface area (Å²) in [5.74, 6) is 0.926. The first-order valence-corrected chi connectivity index (χ1v) is 10.4. The zero-order valence-corrected chi connectivity index (χ0v) is 17.2. The average molecular weight is 396 g/mol. The largest absolute Gasteiger partial charge is 0.364 e. The number of nitrogens with zero attached hydrogens (tertiary/aromatic N) is 2. The number of nitrogens with one attached hydrogen (secondary N) is 3. The number of hydrogen-bond acceptors (Lipinski definition) is 5. The van der Waals surface area contributed by atoms with Gasteiger partial charge in [0.05, 0.1) is 5.36 Å². The fourth-order valence-electron chi connectivity index (χ4n) is 4.21. The summed E-state index contributed by atoms with van der Waals surface area (Å²) in [5, 5.41) is 13.0. The van der Waals surface area contributed by atoms with Crippen molar-refractivity contribution < 1.29 is 4.39 Å². The van der Waals surface area contributed by atoms with Crippen molar-refractivity contribution in [2.75, 3.05) is 14.1 Å². The van der Waals surface area contributed by atoms with Crippen LogP contribution in [0, 0.1) is 5.82 Å². The molecule has 154 valence electrons. The first-order valence-electron chi connectivity index (χ1n) is 10.4. The minimum atomic E-state index is -0.170. The minimum absolute atomic E-state index is 0.107. The van der Waals surface area contributed by atoms with Crippen molar-refractivity contribution in [2.45, 2.75) is 50.6 Å². The molecular formula is C23H30FN5. The van der Waals surface area contributed by atoms with Gasteiger partial charge in [-0.15, -0.1) is 0 Å². The fraction of sp³-hybridized carbons (Fsp3) is 0.435. The summed E-state index contributed by atoms with van der Waals surface area (Å²) in [6.07, 6.45) is 4.33. The predicted octanol–water partition coefficient (Wildman–Crippen LogP) is 1.65. The SMILES string of the molecule is CN(C)C1=c2ccccc2=NC(N[C@H]2CC[C@@H](NCc3cccc(F)c3)CC2)N1. The lowest BCUT2D eigenvalue weighted by Gasteiger charge is -2.34. The van der Waals surface area contributed by atoms with Crippen LogP contribution in [-0.4, -0.2) is 37.4 Å². The van der Waals surface area contributed by atoms with Gasteiger partial charge in [-0.2, -0.15) is 0 Å². The van der Waals surface area contributed by atoms with Gasteiger partial charge in [-0.05, 0) is 55.5 Å². The normalized spacial score (nSPS) is 23.7. The molecule has 1 fully saturated rings. The van der Waals surface area contributed by atoms with Crippen molar-refractivity contribution in [3.05, 3.63) is 70.5 Å². The molecular weight excluding hydrogens is 365 g/mol. The lowest BCUT2D eigenvalue weighted by molar-refractivity contribution is 0.276. The first-order chi connectivity index (χ1) is 14.1. The summed E-state index contributed by atoms with van der Waals surface area (Å²) >= 11 is 0. The molecule has 3 N–H and O–H groups in total. The molecule has 0 amide bonds. The van der Waals surface area contributed by atoms with E-state index >= 15 is 0 Å². The highest BCUT2D eigenvalue weighted by atomic mass is 19.1. The van der Waals surface area contributed by atoms with Gasteiger partial charge in [0.1, 0.15) is 11.6 Å². The summed E-state index contributed by atoms with van der Waals surface area (Å²) in [6.45, 7) is 0.720. The van der Waals surface area contributed by atoms with Gasteiger partial charge in [0.25, 0.3) is 0 Å². The Labute approximate surface area is 171 Å². The molecule has 2 aliphatic rings. The van der Waals surface area contributed by atoms with Gasteiger partial charge in [-0.25, -0.2) is 9.38 Å². The molecule has 2 aromatic carbocycles. The number of halogens is 1. The molecule has 29 heavy (non-hydrogen) atoms. The standard InChI is InChI=1S/C23H30FN5/c1-29(2)22-20-8-3-4-9-21(20)27-23(28-22)26-19-12-10-18(11-13-19)25-15-16-6-5-7-17(24)14-16/h3-9,14,18-19,23,25-26,28H,10-13,15H2,1-2H3/t18-,19+,23?. The Kier molecular flexibility index (Phi) is 6.11. The van der Waals surface area contributed by atoms with Crippen molar-refractivity contribution >= 4 is 5.82 Å². The van der Waals surface area contributed by atoms with Gasteiger partial charge in [0.15, 0.2) is 6.29 Å². The number of rotatable bonds is 6. The minimum Gasteiger partial charge on any atom is -0.364 e. The van der Waals surface area contributed by atoms with E-state index in [1.807, 2.05) is 18.2 Å². The molecule has 0 radical (unpaired) electrons. The van der Waals surface area contributed by atoms with Crippen molar-refractivity contribution in [3.63, 3.8) is 0 Å². The number of hydrogen-bond donors (Lipinski definition) is 3. The van der Waals surface area contributed by atoms with Crippen molar-refractivity contribution in [1.82, 2.24) is 20.9 Å². The van der Waals surface area contributed by atoms with E-state index in [2.05, 4.69) is 47.1 Å². The molecule has 0 bridgehead atoms. The average Bonchev–Trinajstić information content (AvgIpc) is 2.72. The maximum Gasteiger partial charge on any atom is 0.175 e. The highest BCUT2D eigenvalue weighted by Gasteiger charge is 2.24. The Bertz CT molecular complexity index is 950. The summed E-state index contributed by atoms with van der Waals surface area (Å²) in [4.78, 5) is 6.96. The lowest BCUT2D eigenvalue weighted by atomic mass is 9.91. The van der Waals surface area contributed by atoms with E-state index in [0.29, 0.717) is 12.1 Å². The summed E-state index contributed by atoms with van der Waals surface area (Å²) in [5.41, 5.74) is 1.00. The third kappa shape index (κ3) is 4.95. The van der Waals surface area contributed by atoms with E-state index in [4.69, 9.17) is 4.99 Å². The molecule has 2 aromatic rings. The predicted molar refractivity (Wildman–Crippen MR) is 114 cm³/mol. The molecule has 0 aromatic heterocycles. The van der Waals surface area contributed by atoms with Crippen LogP contribution >= 0.6 is 0 Å². The van der Waals surface area contributed by atoms with Gasteiger partial charge in [-0.1, -0.05) is 24.3 Å². The zero-order valence-electron chi connectivity index (χ0n) is 17.2. The third-order valence-corrected chi connectivity index (χ3v) is 5.75. The molecule has 1 heterocycles. The quantitative estimate of drug-likeness (QED) is 0.696. The van der Waals surface area contributed by atoms with Gasteiger partial charge in [0, 0.05) is 37.9 Å². The van der Waals surface area contributed by atoms with Crippen LogP contribution in [-0.2, 0) is 6.54 Å². The van der Waals surface area contributed by atoms with Crippen LogP contribution in [0.3, 0.4) is 0 Å². The molecule has 0 saturated heterocycles. The molecule has 1 atom stereocenters. The molecule has 1 aliphatic carbocycles. The fourth-order valence-corrected chi connectivity index (χ4v) is 4.21. The Morgan fingerprint density at radius 1 is 1.03 bits per heavy atom. The second-order valence-corrected chi connectivity index (χ2v) is 8.16. The molecule has 4 rings (SSSR count). The van der Waals surface area contributed by atoms with Gasteiger partial charge < -0.3 is 15.5 Å². The number of benzene rings is 2. The topological polar surface area (TPSA) is 51.7 Å². The van der Waals surface area contributed by atoms with Crippen molar-refractivity contribution in [2.24, 2.45) is 4.99 Å². The second kappa shape index (κ2) is 8.93. The van der Waals surface area contributed by atoms with E-state index in [1.165, 1.54) is 6.07 Å². The summed E-state index contributed by atoms with van der Waals surface area (Å²) < 4.78 is 13.3. The van der Waals surface area contributed by atoms with Gasteiger partial charge in [0.2, 0.25) is 0 Å². The maximum atomic E-state index is 13.3.